The van der Waals surface area contributed by atoms with Crippen molar-refractivity contribution < 1.29 is 9.72 Å². The van der Waals surface area contributed by atoms with E-state index in [1.807, 2.05) is 0 Å². The summed E-state index contributed by atoms with van der Waals surface area (Å²) in [7, 11) is 3.23. The molecule has 0 radical (unpaired) electrons. The number of hydrogen-bond acceptors (Lipinski definition) is 4. The first-order chi connectivity index (χ1) is 9.00. The van der Waals surface area contributed by atoms with Crippen LogP contribution in [0.25, 0.3) is 5.69 Å². The smallest absolute Gasteiger partial charge is 0.294 e. The van der Waals surface area contributed by atoms with Gasteiger partial charge in [-0.3, -0.25) is 14.9 Å². The first kappa shape index (κ1) is 12.7. The number of carbonyl (C=O) groups excluding carboxylic acids is 1. The average Bonchev–Trinajstić information content (AvgIpc) is 2.87. The lowest BCUT2D eigenvalue weighted by molar-refractivity contribution is -0.384. The molecule has 0 atom stereocenters. The maximum absolute atomic E-state index is 11.7. The summed E-state index contributed by atoms with van der Waals surface area (Å²) < 4.78 is 1.33. The molecule has 0 aliphatic heterocycles. The standard InChI is InChI=1S/C12H12N4O3/c1-14(2)12(17)9-7-8-15(13-9)10-5-3-4-6-11(10)16(18)19/h3-8H,1-2H3. The van der Waals surface area contributed by atoms with Crippen LogP contribution in [0.1, 0.15) is 10.5 Å². The minimum atomic E-state index is -0.482. The summed E-state index contributed by atoms with van der Waals surface area (Å²) in [6.07, 6.45) is 1.53. The van der Waals surface area contributed by atoms with Crippen LogP contribution < -0.4 is 0 Å². The molecule has 0 saturated carbocycles. The van der Waals surface area contributed by atoms with Crippen molar-refractivity contribution in [2.75, 3.05) is 14.1 Å². The lowest BCUT2D eigenvalue weighted by Crippen LogP contribution is -2.22. The molecule has 1 aromatic heterocycles. The third-order valence-corrected chi connectivity index (χ3v) is 2.54. The van der Waals surface area contributed by atoms with E-state index in [9.17, 15) is 14.9 Å². The highest BCUT2D eigenvalue weighted by molar-refractivity contribution is 5.91. The third kappa shape index (κ3) is 2.44. The van der Waals surface area contributed by atoms with Gasteiger partial charge in [0.15, 0.2) is 5.69 Å². The SMILES string of the molecule is CN(C)C(=O)c1ccn(-c2ccccc2[N+](=O)[O-])n1. The Morgan fingerprint density at radius 2 is 2.00 bits per heavy atom. The highest BCUT2D eigenvalue weighted by Crippen LogP contribution is 2.21. The average molecular weight is 260 g/mol. The van der Waals surface area contributed by atoms with Crippen LogP contribution in [0.4, 0.5) is 5.69 Å². The summed E-state index contributed by atoms with van der Waals surface area (Å²) in [5.74, 6) is -0.252. The Morgan fingerprint density at radius 1 is 1.32 bits per heavy atom. The molecule has 0 bridgehead atoms. The van der Waals surface area contributed by atoms with E-state index in [1.54, 1.807) is 32.3 Å². The summed E-state index contributed by atoms with van der Waals surface area (Å²) in [6, 6.07) is 7.76. The van der Waals surface area contributed by atoms with Crippen molar-refractivity contribution >= 4 is 11.6 Å². The number of nitrogens with zero attached hydrogens (tertiary/aromatic N) is 4. The summed E-state index contributed by atoms with van der Waals surface area (Å²) >= 11 is 0. The fourth-order valence-corrected chi connectivity index (χ4v) is 1.61. The van der Waals surface area contributed by atoms with Gasteiger partial charge in [-0.05, 0) is 12.1 Å². The van der Waals surface area contributed by atoms with Gasteiger partial charge in [0.25, 0.3) is 11.6 Å². The minimum absolute atomic E-state index is 0.0607. The molecule has 7 nitrogen and oxygen atoms in total. The van der Waals surface area contributed by atoms with Crippen LogP contribution >= 0.6 is 0 Å². The van der Waals surface area contributed by atoms with Gasteiger partial charge in [0.1, 0.15) is 5.69 Å². The fourth-order valence-electron chi connectivity index (χ4n) is 1.61. The van der Waals surface area contributed by atoms with Crippen LogP contribution in [0.2, 0.25) is 0 Å². The first-order valence-electron chi connectivity index (χ1n) is 5.52. The number of nitro groups is 1. The Labute approximate surface area is 109 Å². The molecule has 7 heteroatoms. The van der Waals surface area contributed by atoms with E-state index in [2.05, 4.69) is 5.10 Å². The quantitative estimate of drug-likeness (QED) is 0.618. The third-order valence-electron chi connectivity index (χ3n) is 2.54. The second-order valence-electron chi connectivity index (χ2n) is 4.09. The first-order valence-corrected chi connectivity index (χ1v) is 5.52. The molecule has 1 amide bonds. The predicted molar refractivity (Wildman–Crippen MR) is 68.2 cm³/mol. The molecule has 0 N–H and O–H groups in total. The zero-order valence-electron chi connectivity index (χ0n) is 10.5. The van der Waals surface area contributed by atoms with Crippen molar-refractivity contribution in [2.45, 2.75) is 0 Å². The van der Waals surface area contributed by atoms with Crippen LogP contribution in [0.5, 0.6) is 0 Å². The molecule has 0 unspecified atom stereocenters. The second kappa shape index (κ2) is 4.89. The van der Waals surface area contributed by atoms with Crippen molar-refractivity contribution in [3.8, 4) is 5.69 Å². The fraction of sp³-hybridized carbons (Fsp3) is 0.167. The molecular weight excluding hydrogens is 248 g/mol. The molecule has 0 aliphatic rings. The van der Waals surface area contributed by atoms with Crippen LogP contribution in [-0.2, 0) is 0 Å². The van der Waals surface area contributed by atoms with Crippen molar-refractivity contribution in [3.63, 3.8) is 0 Å². The summed E-state index contributed by atoms with van der Waals surface area (Å²) in [5, 5.41) is 15.0. The van der Waals surface area contributed by atoms with Gasteiger partial charge in [-0.15, -0.1) is 0 Å². The minimum Gasteiger partial charge on any atom is -0.343 e. The predicted octanol–water partition coefficient (Wildman–Crippen LogP) is 1.48. The number of rotatable bonds is 3. The Hall–Kier alpha value is -2.70. The van der Waals surface area contributed by atoms with Crippen LogP contribution in [-0.4, -0.2) is 39.6 Å². The largest absolute Gasteiger partial charge is 0.343 e. The topological polar surface area (TPSA) is 81.3 Å². The lowest BCUT2D eigenvalue weighted by atomic mass is 10.3. The number of para-hydroxylation sites is 2. The summed E-state index contributed by atoms with van der Waals surface area (Å²) in [5.41, 5.74) is 0.503. The lowest BCUT2D eigenvalue weighted by Gasteiger charge is -2.07. The van der Waals surface area contributed by atoms with E-state index < -0.39 is 4.92 Å². The van der Waals surface area contributed by atoms with Crippen LogP contribution in [0.3, 0.4) is 0 Å². The van der Waals surface area contributed by atoms with E-state index >= 15 is 0 Å². The molecule has 2 aromatic rings. The monoisotopic (exact) mass is 260 g/mol. The van der Waals surface area contributed by atoms with E-state index in [0.29, 0.717) is 5.69 Å². The Morgan fingerprint density at radius 3 is 2.63 bits per heavy atom. The van der Waals surface area contributed by atoms with Gasteiger partial charge in [-0.2, -0.15) is 5.10 Å². The van der Waals surface area contributed by atoms with Crippen LogP contribution in [0.15, 0.2) is 36.5 Å². The van der Waals surface area contributed by atoms with Crippen molar-refractivity contribution in [2.24, 2.45) is 0 Å². The highest BCUT2D eigenvalue weighted by atomic mass is 16.6. The van der Waals surface area contributed by atoms with Crippen LogP contribution in [0, 0.1) is 10.1 Å². The number of aromatic nitrogens is 2. The Bertz CT molecular complexity index is 633. The van der Waals surface area contributed by atoms with E-state index in [0.717, 1.165) is 0 Å². The zero-order chi connectivity index (χ0) is 14.0. The Kier molecular flexibility index (Phi) is 3.28. The van der Waals surface area contributed by atoms with E-state index in [1.165, 1.54) is 27.9 Å². The molecule has 1 heterocycles. The molecule has 0 saturated heterocycles. The second-order valence-corrected chi connectivity index (χ2v) is 4.09. The van der Waals surface area contributed by atoms with Gasteiger partial charge in [0.05, 0.1) is 4.92 Å². The molecule has 2 rings (SSSR count). The number of nitro benzene ring substituents is 1. The molecular formula is C12H12N4O3. The van der Waals surface area contributed by atoms with Gasteiger partial charge in [0.2, 0.25) is 0 Å². The van der Waals surface area contributed by atoms with Crippen molar-refractivity contribution in [1.82, 2.24) is 14.7 Å². The highest BCUT2D eigenvalue weighted by Gasteiger charge is 2.17. The summed E-state index contributed by atoms with van der Waals surface area (Å²) in [6.45, 7) is 0. The number of benzene rings is 1. The van der Waals surface area contributed by atoms with Gasteiger partial charge >= 0.3 is 0 Å². The Balaban J connectivity index is 2.44. The van der Waals surface area contributed by atoms with Crippen molar-refractivity contribution in [1.29, 1.82) is 0 Å². The van der Waals surface area contributed by atoms with Crippen molar-refractivity contribution in [3.05, 3.63) is 52.3 Å². The number of amides is 1. The summed E-state index contributed by atoms with van der Waals surface area (Å²) in [4.78, 5) is 23.6. The van der Waals surface area contributed by atoms with E-state index in [-0.39, 0.29) is 17.3 Å². The maximum atomic E-state index is 11.7. The maximum Gasteiger partial charge on any atom is 0.294 e. The molecule has 0 spiro atoms. The molecule has 0 aliphatic carbocycles. The van der Waals surface area contributed by atoms with E-state index in [4.69, 9.17) is 0 Å². The van der Waals surface area contributed by atoms with Gasteiger partial charge in [-0.1, -0.05) is 12.1 Å². The molecule has 98 valence electrons. The van der Waals surface area contributed by atoms with Gasteiger partial charge < -0.3 is 4.90 Å². The zero-order valence-corrected chi connectivity index (χ0v) is 10.5. The normalized spacial score (nSPS) is 10.2. The molecule has 1 aromatic carbocycles. The molecule has 0 fully saturated rings. The number of hydrogen-bond donors (Lipinski definition) is 0. The van der Waals surface area contributed by atoms with Gasteiger partial charge in [0, 0.05) is 26.4 Å². The molecule has 19 heavy (non-hydrogen) atoms. The number of carbonyl (C=O) groups is 1. The van der Waals surface area contributed by atoms with Gasteiger partial charge in [-0.25, -0.2) is 4.68 Å².